The van der Waals surface area contributed by atoms with Crippen LogP contribution in [0.5, 0.6) is 0 Å². The van der Waals surface area contributed by atoms with Gasteiger partial charge in [0.25, 0.3) is 0 Å². The van der Waals surface area contributed by atoms with Crippen LogP contribution in [0.2, 0.25) is 10.0 Å². The summed E-state index contributed by atoms with van der Waals surface area (Å²) in [5.41, 5.74) is 20.3. The Balaban J connectivity index is 0.931. The summed E-state index contributed by atoms with van der Waals surface area (Å²) in [6.45, 7) is 0. The molecule has 0 aliphatic heterocycles. The first-order chi connectivity index (χ1) is 32.5. The zero-order valence-corrected chi connectivity index (χ0v) is 36.9. The number of nitrogens with zero attached hydrogens (tertiary/aromatic N) is 2. The van der Waals surface area contributed by atoms with E-state index in [0.29, 0.717) is 10.0 Å². The van der Waals surface area contributed by atoms with Gasteiger partial charge in [0.1, 0.15) is 11.2 Å². The first kappa shape index (κ1) is 37.5. The Morgan fingerprint density at radius 2 is 0.909 bits per heavy atom. The fourth-order valence-corrected chi connectivity index (χ4v) is 11.8. The molecule has 12 aromatic rings. The van der Waals surface area contributed by atoms with E-state index in [-0.39, 0.29) is 0 Å². The van der Waals surface area contributed by atoms with Crippen LogP contribution in [0.1, 0.15) is 22.3 Å². The summed E-state index contributed by atoms with van der Waals surface area (Å²) in [5, 5.41) is 5.71. The Labute approximate surface area is 390 Å². The Morgan fingerprint density at radius 1 is 0.394 bits per heavy atom. The van der Waals surface area contributed by atoms with E-state index in [1.165, 1.54) is 44.5 Å². The highest BCUT2D eigenvalue weighted by Gasteiger charge is 2.51. The molecule has 0 amide bonds. The molecular formula is C61H36Cl2N2O. The molecule has 0 unspecified atom stereocenters. The molecule has 2 aliphatic rings. The smallest absolute Gasteiger partial charge is 0.137 e. The van der Waals surface area contributed by atoms with Crippen LogP contribution in [0.25, 0.3) is 82.8 Å². The molecule has 10 aromatic carbocycles. The van der Waals surface area contributed by atoms with Crippen molar-refractivity contribution in [2.75, 3.05) is 4.90 Å². The molecule has 0 radical (unpaired) electrons. The summed E-state index contributed by atoms with van der Waals surface area (Å²) in [4.78, 5) is 2.42. The van der Waals surface area contributed by atoms with Crippen LogP contribution < -0.4 is 4.90 Å². The van der Waals surface area contributed by atoms with Gasteiger partial charge in [-0.25, -0.2) is 0 Å². The van der Waals surface area contributed by atoms with E-state index >= 15 is 0 Å². The molecule has 0 N–H and O–H groups in total. The summed E-state index contributed by atoms with van der Waals surface area (Å²) in [5.74, 6) is 0. The molecule has 0 bridgehead atoms. The summed E-state index contributed by atoms with van der Waals surface area (Å²) >= 11 is 13.0. The second-order valence-corrected chi connectivity index (χ2v) is 18.3. The average molecular weight is 884 g/mol. The Hall–Kier alpha value is -7.82. The van der Waals surface area contributed by atoms with Crippen LogP contribution in [0, 0.1) is 0 Å². The Morgan fingerprint density at radius 3 is 1.53 bits per heavy atom. The number of halogens is 2. The van der Waals surface area contributed by atoms with Gasteiger partial charge in [0, 0.05) is 43.3 Å². The molecule has 0 atom stereocenters. The topological polar surface area (TPSA) is 21.3 Å². The molecule has 2 aliphatic carbocycles. The molecule has 2 heterocycles. The number of benzene rings is 10. The summed E-state index contributed by atoms with van der Waals surface area (Å²) < 4.78 is 8.80. The highest BCUT2D eigenvalue weighted by atomic mass is 35.5. The second-order valence-electron chi connectivity index (χ2n) is 17.5. The molecule has 2 aromatic heterocycles. The lowest BCUT2D eigenvalue weighted by Gasteiger charge is -2.32. The van der Waals surface area contributed by atoms with Gasteiger partial charge in [0.2, 0.25) is 0 Å². The number of rotatable bonds is 5. The van der Waals surface area contributed by atoms with Crippen molar-refractivity contribution in [3.63, 3.8) is 0 Å². The number of anilines is 3. The van der Waals surface area contributed by atoms with Crippen molar-refractivity contribution >= 4 is 84.0 Å². The Kier molecular flexibility index (Phi) is 8.01. The standard InChI is InChI=1S/C61H36Cl2N2O/c62-39-24-32-55-49(34-39)50-35-40(63)25-33-56(50)65(55)42-28-22-38(23-29-42)37-20-26-41(27-21-37)64(57-17-9-19-59-60(57)48-13-4-8-18-58(48)66-59)43-30-31-47-46-12-3-7-16-53(46)61(54(47)36-43)51-14-5-1-10-44(51)45-11-2-6-15-52(45)61/h1-36H. The first-order valence-corrected chi connectivity index (χ1v) is 23.0. The predicted molar refractivity (Wildman–Crippen MR) is 274 cm³/mol. The van der Waals surface area contributed by atoms with E-state index in [4.69, 9.17) is 27.6 Å². The quantitative estimate of drug-likeness (QED) is 0.172. The van der Waals surface area contributed by atoms with Gasteiger partial charge in [-0.2, -0.15) is 0 Å². The minimum absolute atomic E-state index is 0.468. The molecule has 1 spiro atoms. The van der Waals surface area contributed by atoms with E-state index in [2.05, 4.69) is 198 Å². The van der Waals surface area contributed by atoms with Crippen molar-refractivity contribution < 1.29 is 4.42 Å². The summed E-state index contributed by atoms with van der Waals surface area (Å²) in [7, 11) is 0. The van der Waals surface area contributed by atoms with Gasteiger partial charge in [-0.3, -0.25) is 0 Å². The number of fused-ring (bicyclic) bond motifs is 16. The zero-order valence-electron chi connectivity index (χ0n) is 35.3. The normalized spacial score (nSPS) is 13.1. The van der Waals surface area contributed by atoms with E-state index in [1.54, 1.807) is 0 Å². The maximum absolute atomic E-state index is 6.52. The van der Waals surface area contributed by atoms with Gasteiger partial charge < -0.3 is 13.9 Å². The first-order valence-electron chi connectivity index (χ1n) is 22.3. The third-order valence-corrected chi connectivity index (χ3v) is 14.6. The van der Waals surface area contributed by atoms with Gasteiger partial charge in [-0.1, -0.05) is 151 Å². The highest BCUT2D eigenvalue weighted by molar-refractivity contribution is 6.33. The number of hydrogen-bond donors (Lipinski definition) is 0. The minimum atomic E-state index is -0.468. The van der Waals surface area contributed by atoms with Crippen LogP contribution in [-0.2, 0) is 5.41 Å². The SMILES string of the molecule is Clc1ccc2c(c1)c1cc(Cl)ccc1n2-c1ccc(-c2ccc(N(c3ccc4c(c3)C3(c5ccccc5-c5ccccc53)c3ccccc3-4)c3cccc4oc5ccccc5c34)cc2)cc1. The predicted octanol–water partition coefficient (Wildman–Crippen LogP) is 17.5. The van der Waals surface area contributed by atoms with Gasteiger partial charge in [-0.05, 0) is 147 Å². The third-order valence-electron chi connectivity index (χ3n) is 14.1. The van der Waals surface area contributed by atoms with Crippen molar-refractivity contribution in [1.29, 1.82) is 0 Å². The van der Waals surface area contributed by atoms with Crippen molar-refractivity contribution in [3.05, 3.63) is 251 Å². The van der Waals surface area contributed by atoms with Crippen LogP contribution in [0.4, 0.5) is 17.1 Å². The van der Waals surface area contributed by atoms with Crippen molar-refractivity contribution in [1.82, 2.24) is 4.57 Å². The molecule has 0 fully saturated rings. The van der Waals surface area contributed by atoms with E-state index in [0.717, 1.165) is 77.6 Å². The fraction of sp³-hybridized carbons (Fsp3) is 0.0164. The molecule has 14 rings (SSSR count). The van der Waals surface area contributed by atoms with Gasteiger partial charge in [-0.15, -0.1) is 0 Å². The maximum Gasteiger partial charge on any atom is 0.137 e. The number of para-hydroxylation sites is 1. The largest absolute Gasteiger partial charge is 0.456 e. The van der Waals surface area contributed by atoms with Crippen LogP contribution in [0.3, 0.4) is 0 Å². The molecule has 3 nitrogen and oxygen atoms in total. The van der Waals surface area contributed by atoms with Crippen LogP contribution in [0.15, 0.2) is 223 Å². The zero-order chi connectivity index (χ0) is 43.7. The average Bonchev–Trinajstić information content (AvgIpc) is 4.08. The van der Waals surface area contributed by atoms with Crippen molar-refractivity contribution in [2.24, 2.45) is 0 Å². The lowest BCUT2D eigenvalue weighted by molar-refractivity contribution is 0.669. The van der Waals surface area contributed by atoms with Gasteiger partial charge in [0.05, 0.1) is 27.5 Å². The number of furan rings is 1. The summed E-state index contributed by atoms with van der Waals surface area (Å²) in [6, 6.07) is 78.7. The van der Waals surface area contributed by atoms with Gasteiger partial charge >= 0.3 is 0 Å². The van der Waals surface area contributed by atoms with E-state index in [1.807, 2.05) is 30.3 Å². The lowest BCUT2D eigenvalue weighted by Crippen LogP contribution is -2.26. The van der Waals surface area contributed by atoms with Gasteiger partial charge in [0.15, 0.2) is 0 Å². The monoisotopic (exact) mass is 882 g/mol. The second kappa shape index (κ2) is 14.1. The van der Waals surface area contributed by atoms with E-state index in [9.17, 15) is 0 Å². The molecule has 310 valence electrons. The number of aromatic nitrogens is 1. The third kappa shape index (κ3) is 5.21. The Bertz CT molecular complexity index is 3850. The molecular weight excluding hydrogens is 848 g/mol. The number of hydrogen-bond acceptors (Lipinski definition) is 2. The van der Waals surface area contributed by atoms with E-state index < -0.39 is 5.41 Å². The summed E-state index contributed by atoms with van der Waals surface area (Å²) in [6.07, 6.45) is 0. The lowest BCUT2D eigenvalue weighted by atomic mass is 9.70. The van der Waals surface area contributed by atoms with Crippen LogP contribution in [-0.4, -0.2) is 4.57 Å². The molecule has 66 heavy (non-hydrogen) atoms. The van der Waals surface area contributed by atoms with Crippen molar-refractivity contribution in [3.8, 4) is 39.1 Å². The fourth-order valence-electron chi connectivity index (χ4n) is 11.4. The highest BCUT2D eigenvalue weighted by Crippen LogP contribution is 2.63. The molecule has 0 saturated heterocycles. The maximum atomic E-state index is 6.52. The molecule has 5 heteroatoms. The minimum Gasteiger partial charge on any atom is -0.456 e. The van der Waals surface area contributed by atoms with Crippen molar-refractivity contribution in [2.45, 2.75) is 5.41 Å². The van der Waals surface area contributed by atoms with Crippen LogP contribution >= 0.6 is 23.2 Å². The molecule has 0 saturated carbocycles.